The lowest BCUT2D eigenvalue weighted by molar-refractivity contribution is -0.106. The lowest BCUT2D eigenvalue weighted by Crippen LogP contribution is -2.22. The zero-order chi connectivity index (χ0) is 15.3. The summed E-state index contributed by atoms with van der Waals surface area (Å²) in [7, 11) is 1.71. The van der Waals surface area contributed by atoms with Crippen molar-refractivity contribution in [3.63, 3.8) is 0 Å². The first-order chi connectivity index (χ1) is 9.31. The van der Waals surface area contributed by atoms with Crippen LogP contribution in [0.1, 0.15) is 31.7 Å². The van der Waals surface area contributed by atoms with E-state index in [1.165, 1.54) is 12.0 Å². The van der Waals surface area contributed by atoms with Crippen molar-refractivity contribution in [3.05, 3.63) is 28.8 Å². The van der Waals surface area contributed by atoms with Crippen LogP contribution in [-0.2, 0) is 4.79 Å². The summed E-state index contributed by atoms with van der Waals surface area (Å²) in [5, 5.41) is 0.795. The van der Waals surface area contributed by atoms with Crippen molar-refractivity contribution in [1.82, 2.24) is 0 Å². The molecule has 1 aromatic rings. The summed E-state index contributed by atoms with van der Waals surface area (Å²) in [6.45, 7) is 4.55. The van der Waals surface area contributed by atoms with Crippen molar-refractivity contribution >= 4 is 24.0 Å². The number of aliphatic imine (C=N–C) groups is 1. The highest BCUT2D eigenvalue weighted by atomic mass is 35.5. The minimum Gasteiger partial charge on any atom is -0.496 e. The van der Waals surface area contributed by atoms with Gasteiger partial charge < -0.3 is 16.2 Å². The molecule has 1 unspecified atom stereocenters. The van der Waals surface area contributed by atoms with Gasteiger partial charge in [0.25, 0.3) is 0 Å². The third-order valence-electron chi connectivity index (χ3n) is 3.28. The van der Waals surface area contributed by atoms with Crippen LogP contribution in [0.15, 0.2) is 23.2 Å². The van der Waals surface area contributed by atoms with Gasteiger partial charge in [0, 0.05) is 5.02 Å². The Bertz CT molecular complexity index is 511. The molecular formula is C14H20ClN3O2. The molecule has 4 N–H and O–H groups in total. The number of carbonyl (C=O) groups is 1. The van der Waals surface area contributed by atoms with Crippen LogP contribution in [0.4, 0.5) is 0 Å². The maximum absolute atomic E-state index is 9.27. The Morgan fingerprint density at radius 2 is 2.10 bits per heavy atom. The van der Waals surface area contributed by atoms with Crippen LogP contribution in [0.25, 0.3) is 0 Å². The number of hydrogen-bond donors (Lipinski definition) is 2. The zero-order valence-corrected chi connectivity index (χ0v) is 12.6. The Hall–Kier alpha value is -1.75. The highest BCUT2D eigenvalue weighted by molar-refractivity contribution is 6.30. The first-order valence-electron chi connectivity index (χ1n) is 6.17. The Morgan fingerprint density at radius 1 is 1.50 bits per heavy atom. The smallest absolute Gasteiger partial charge is 0.236 e. The maximum Gasteiger partial charge on any atom is 0.236 e. The first-order valence-corrected chi connectivity index (χ1v) is 6.55. The van der Waals surface area contributed by atoms with E-state index < -0.39 is 0 Å². The Morgan fingerprint density at radius 3 is 2.45 bits per heavy atom. The van der Waals surface area contributed by atoms with Crippen LogP contribution >= 0.6 is 11.6 Å². The lowest BCUT2D eigenvalue weighted by atomic mass is 10.0. The molecule has 0 spiro atoms. The van der Waals surface area contributed by atoms with Crippen LogP contribution < -0.4 is 16.2 Å². The van der Waals surface area contributed by atoms with Crippen molar-refractivity contribution in [3.8, 4) is 5.75 Å². The standard InChI is InChI=1S/C12H15ClO.C2H5N3O/c1-12(2)7-10(12)9-6-8(13)4-5-11(9)14-3;3-2(4)5-1-6/h4-6,10H,7H2,1-3H3;1H,(H4,3,4,5,6). The lowest BCUT2D eigenvalue weighted by Gasteiger charge is -2.10. The van der Waals surface area contributed by atoms with Crippen LogP contribution in [-0.4, -0.2) is 19.5 Å². The summed E-state index contributed by atoms with van der Waals surface area (Å²) in [6.07, 6.45) is 1.51. The summed E-state index contributed by atoms with van der Waals surface area (Å²) in [6, 6.07) is 5.85. The van der Waals surface area contributed by atoms with Gasteiger partial charge in [0.15, 0.2) is 5.96 Å². The van der Waals surface area contributed by atoms with Crippen LogP contribution in [0.3, 0.4) is 0 Å². The molecule has 1 aromatic carbocycles. The third kappa shape index (κ3) is 4.42. The minimum absolute atomic E-state index is 0.204. The van der Waals surface area contributed by atoms with Gasteiger partial charge in [-0.2, -0.15) is 4.99 Å². The van der Waals surface area contributed by atoms with Crippen LogP contribution in [0.5, 0.6) is 5.75 Å². The highest BCUT2D eigenvalue weighted by Gasteiger charge is 2.47. The number of nitrogens with zero attached hydrogens (tertiary/aromatic N) is 1. The second kappa shape index (κ2) is 6.61. The predicted octanol–water partition coefficient (Wildman–Crippen LogP) is 2.28. The minimum atomic E-state index is -0.204. The van der Waals surface area contributed by atoms with Crippen molar-refractivity contribution in [2.75, 3.05) is 7.11 Å². The van der Waals surface area contributed by atoms with Gasteiger partial charge in [-0.1, -0.05) is 25.4 Å². The molecule has 1 fully saturated rings. The van der Waals surface area contributed by atoms with Crippen LogP contribution in [0.2, 0.25) is 5.02 Å². The molecular weight excluding hydrogens is 278 g/mol. The van der Waals surface area contributed by atoms with Gasteiger partial charge in [0.05, 0.1) is 7.11 Å². The number of guanidine groups is 1. The average molecular weight is 298 g/mol. The fourth-order valence-corrected chi connectivity index (χ4v) is 2.22. The molecule has 20 heavy (non-hydrogen) atoms. The third-order valence-corrected chi connectivity index (χ3v) is 3.52. The number of amides is 1. The fourth-order valence-electron chi connectivity index (χ4n) is 2.04. The second-order valence-corrected chi connectivity index (χ2v) is 5.73. The van der Waals surface area contributed by atoms with Gasteiger partial charge in [-0.05, 0) is 41.5 Å². The molecule has 0 saturated heterocycles. The second-order valence-electron chi connectivity index (χ2n) is 5.29. The van der Waals surface area contributed by atoms with Gasteiger partial charge in [-0.3, -0.25) is 4.79 Å². The zero-order valence-electron chi connectivity index (χ0n) is 11.9. The summed E-state index contributed by atoms with van der Waals surface area (Å²) < 4.78 is 5.34. The van der Waals surface area contributed by atoms with Crippen molar-refractivity contribution in [2.24, 2.45) is 21.9 Å². The van der Waals surface area contributed by atoms with E-state index in [9.17, 15) is 4.79 Å². The van der Waals surface area contributed by atoms with E-state index in [1.54, 1.807) is 7.11 Å². The molecule has 6 heteroatoms. The molecule has 0 bridgehead atoms. The van der Waals surface area contributed by atoms with E-state index in [0.29, 0.717) is 11.3 Å². The van der Waals surface area contributed by atoms with E-state index in [4.69, 9.17) is 27.8 Å². The predicted molar refractivity (Wildman–Crippen MR) is 81.0 cm³/mol. The maximum atomic E-state index is 9.27. The average Bonchev–Trinajstić information content (AvgIpc) is 2.99. The monoisotopic (exact) mass is 297 g/mol. The quantitative estimate of drug-likeness (QED) is 0.509. The van der Waals surface area contributed by atoms with Crippen molar-refractivity contribution in [2.45, 2.75) is 26.2 Å². The summed E-state index contributed by atoms with van der Waals surface area (Å²) in [4.78, 5) is 12.2. The topological polar surface area (TPSA) is 90.7 Å². The Balaban J connectivity index is 0.000000286. The molecule has 1 aliphatic rings. The van der Waals surface area contributed by atoms with Gasteiger partial charge in [0.1, 0.15) is 5.75 Å². The van der Waals surface area contributed by atoms with E-state index in [1.807, 2.05) is 18.2 Å². The molecule has 1 saturated carbocycles. The SMILES string of the molecule is COc1ccc(Cl)cc1C1CC1(C)C.NC(N)=NC=O. The van der Waals surface area contributed by atoms with E-state index >= 15 is 0 Å². The molecule has 0 heterocycles. The number of methoxy groups -OCH3 is 1. The summed E-state index contributed by atoms with van der Waals surface area (Å²) in [5.41, 5.74) is 11.1. The molecule has 0 aliphatic heterocycles. The Labute approximate surface area is 124 Å². The molecule has 0 aromatic heterocycles. The van der Waals surface area contributed by atoms with Gasteiger partial charge in [0.2, 0.25) is 6.41 Å². The van der Waals surface area contributed by atoms with E-state index in [2.05, 4.69) is 18.8 Å². The number of ether oxygens (including phenoxy) is 1. The Kier molecular flexibility index (Phi) is 5.39. The molecule has 1 atom stereocenters. The number of hydrogen-bond acceptors (Lipinski definition) is 2. The van der Waals surface area contributed by atoms with Gasteiger partial charge >= 0.3 is 0 Å². The number of rotatable bonds is 3. The van der Waals surface area contributed by atoms with Gasteiger partial charge in [-0.15, -0.1) is 0 Å². The molecule has 1 amide bonds. The normalized spacial score (nSPS) is 18.3. The summed E-state index contributed by atoms with van der Waals surface area (Å²) in [5.74, 6) is 1.37. The number of halogens is 1. The number of carbonyl (C=O) groups excluding carboxylic acids is 1. The van der Waals surface area contributed by atoms with E-state index in [-0.39, 0.29) is 12.4 Å². The summed E-state index contributed by atoms with van der Waals surface area (Å²) >= 11 is 5.98. The largest absolute Gasteiger partial charge is 0.496 e. The molecule has 110 valence electrons. The number of benzene rings is 1. The van der Waals surface area contributed by atoms with Crippen molar-refractivity contribution < 1.29 is 9.53 Å². The molecule has 1 aliphatic carbocycles. The first kappa shape index (κ1) is 16.3. The van der Waals surface area contributed by atoms with Crippen LogP contribution in [0, 0.1) is 5.41 Å². The molecule has 5 nitrogen and oxygen atoms in total. The highest BCUT2D eigenvalue weighted by Crippen LogP contribution is 2.60. The van der Waals surface area contributed by atoms with Crippen molar-refractivity contribution in [1.29, 1.82) is 0 Å². The molecule has 0 radical (unpaired) electrons. The molecule has 2 rings (SSSR count). The number of nitrogens with two attached hydrogens (primary N) is 2. The van der Waals surface area contributed by atoms with Gasteiger partial charge in [-0.25, -0.2) is 0 Å². The van der Waals surface area contributed by atoms with E-state index in [0.717, 1.165) is 10.8 Å². The fraction of sp³-hybridized carbons (Fsp3) is 0.429.